The van der Waals surface area contributed by atoms with Gasteiger partial charge in [-0.2, -0.15) is 10.2 Å². The van der Waals surface area contributed by atoms with Crippen LogP contribution in [0.1, 0.15) is 18.9 Å². The fourth-order valence-corrected chi connectivity index (χ4v) is 1.21. The summed E-state index contributed by atoms with van der Waals surface area (Å²) in [5.41, 5.74) is 5.33. The van der Waals surface area contributed by atoms with Crippen molar-refractivity contribution in [3.05, 3.63) is 16.9 Å². The highest BCUT2D eigenvalue weighted by Crippen LogP contribution is 2.13. The van der Waals surface area contributed by atoms with Gasteiger partial charge < -0.3 is 11.1 Å². The number of rotatable bonds is 4. The molecular weight excluding hydrogens is 230 g/mol. The summed E-state index contributed by atoms with van der Waals surface area (Å²) in [6.07, 6.45) is 1.79. The van der Waals surface area contributed by atoms with Crippen molar-refractivity contribution in [1.82, 2.24) is 9.97 Å². The molecule has 0 aliphatic heterocycles. The van der Waals surface area contributed by atoms with Crippen LogP contribution in [-0.4, -0.2) is 21.9 Å². The average molecular weight is 240 g/mol. The zero-order chi connectivity index (χ0) is 12.1. The van der Waals surface area contributed by atoms with Gasteiger partial charge in [-0.05, 0) is 6.42 Å². The molecular formula is C9H10ClN5O. The molecule has 0 aliphatic rings. The lowest BCUT2D eigenvalue weighted by molar-refractivity contribution is -0.118. The van der Waals surface area contributed by atoms with Gasteiger partial charge in [0.05, 0.1) is 6.20 Å². The molecule has 1 rings (SSSR count). The summed E-state index contributed by atoms with van der Waals surface area (Å²) < 4.78 is 0. The van der Waals surface area contributed by atoms with Gasteiger partial charge in [-0.1, -0.05) is 18.5 Å². The van der Waals surface area contributed by atoms with E-state index in [-0.39, 0.29) is 16.7 Å². The molecule has 3 N–H and O–H groups in total. The Balaban J connectivity index is 2.87. The third-order valence-electron chi connectivity index (χ3n) is 1.92. The van der Waals surface area contributed by atoms with E-state index in [9.17, 15) is 4.79 Å². The predicted molar refractivity (Wildman–Crippen MR) is 58.7 cm³/mol. The molecule has 1 heterocycles. The first-order chi connectivity index (χ1) is 7.58. The average Bonchev–Trinajstić information content (AvgIpc) is 2.25. The molecule has 0 spiro atoms. The number of halogens is 1. The molecule has 0 aromatic carbocycles. The Kier molecular flexibility index (Phi) is 4.03. The molecule has 0 bridgehead atoms. The summed E-state index contributed by atoms with van der Waals surface area (Å²) in [4.78, 5) is 18.6. The topological polar surface area (TPSA) is 105 Å². The summed E-state index contributed by atoms with van der Waals surface area (Å²) in [6, 6.07) is 1.28. The Morgan fingerprint density at radius 3 is 2.94 bits per heavy atom. The molecule has 1 amide bonds. The van der Waals surface area contributed by atoms with Crippen LogP contribution in [0, 0.1) is 11.3 Å². The molecule has 16 heavy (non-hydrogen) atoms. The van der Waals surface area contributed by atoms with Gasteiger partial charge in [-0.3, -0.25) is 4.79 Å². The molecule has 0 radical (unpaired) electrons. The van der Waals surface area contributed by atoms with Crippen LogP contribution >= 0.6 is 11.6 Å². The third-order valence-corrected chi connectivity index (χ3v) is 2.21. The van der Waals surface area contributed by atoms with Crippen LogP contribution in [0.4, 0.5) is 5.95 Å². The fraction of sp³-hybridized carbons (Fsp3) is 0.333. The van der Waals surface area contributed by atoms with Gasteiger partial charge in [0.15, 0.2) is 5.15 Å². The highest BCUT2D eigenvalue weighted by atomic mass is 35.5. The van der Waals surface area contributed by atoms with E-state index >= 15 is 0 Å². The first-order valence-corrected chi connectivity index (χ1v) is 4.94. The van der Waals surface area contributed by atoms with Crippen LogP contribution in [0.5, 0.6) is 0 Å². The predicted octanol–water partition coefficient (Wildman–Crippen LogP) is 0.677. The van der Waals surface area contributed by atoms with Crippen LogP contribution < -0.4 is 11.1 Å². The molecule has 7 heteroatoms. The molecule has 0 saturated heterocycles. The van der Waals surface area contributed by atoms with E-state index in [0.717, 1.165) is 0 Å². The number of nitrogens with one attached hydrogen (secondary N) is 1. The Morgan fingerprint density at radius 2 is 2.50 bits per heavy atom. The SMILES string of the molecule is CCC(Nc1ncc(C#N)c(Cl)n1)C(N)=O. The van der Waals surface area contributed by atoms with E-state index in [1.165, 1.54) is 6.20 Å². The van der Waals surface area contributed by atoms with Crippen LogP contribution in [0.25, 0.3) is 0 Å². The molecule has 1 aromatic heterocycles. The zero-order valence-electron chi connectivity index (χ0n) is 8.57. The van der Waals surface area contributed by atoms with E-state index in [1.807, 2.05) is 6.07 Å². The Hall–Kier alpha value is -1.87. The Bertz CT molecular complexity index is 442. The Morgan fingerprint density at radius 1 is 1.81 bits per heavy atom. The maximum Gasteiger partial charge on any atom is 0.239 e. The van der Waals surface area contributed by atoms with Gasteiger partial charge in [-0.15, -0.1) is 0 Å². The number of hydrogen-bond acceptors (Lipinski definition) is 5. The smallest absolute Gasteiger partial charge is 0.239 e. The van der Waals surface area contributed by atoms with E-state index < -0.39 is 11.9 Å². The third kappa shape index (κ3) is 2.81. The van der Waals surface area contributed by atoms with Gasteiger partial charge in [0.2, 0.25) is 11.9 Å². The lowest BCUT2D eigenvalue weighted by atomic mass is 10.2. The number of nitriles is 1. The van der Waals surface area contributed by atoms with Crippen molar-refractivity contribution in [2.75, 3.05) is 5.32 Å². The normalized spacial score (nSPS) is 11.6. The molecule has 0 aliphatic carbocycles. The lowest BCUT2D eigenvalue weighted by Crippen LogP contribution is -2.35. The van der Waals surface area contributed by atoms with Crippen molar-refractivity contribution in [1.29, 1.82) is 5.26 Å². The second-order valence-electron chi connectivity index (χ2n) is 3.02. The number of amides is 1. The quantitative estimate of drug-likeness (QED) is 0.752. The first kappa shape index (κ1) is 12.2. The van der Waals surface area contributed by atoms with Gasteiger partial charge in [0, 0.05) is 0 Å². The molecule has 1 atom stereocenters. The molecule has 0 fully saturated rings. The summed E-state index contributed by atoms with van der Waals surface area (Å²) >= 11 is 5.71. The van der Waals surface area contributed by atoms with Gasteiger partial charge in [0.1, 0.15) is 17.7 Å². The van der Waals surface area contributed by atoms with Gasteiger partial charge >= 0.3 is 0 Å². The number of nitrogens with two attached hydrogens (primary N) is 1. The number of carbonyl (C=O) groups is 1. The van der Waals surface area contributed by atoms with E-state index in [1.54, 1.807) is 6.92 Å². The van der Waals surface area contributed by atoms with Gasteiger partial charge in [0.25, 0.3) is 0 Å². The Labute approximate surface area is 97.4 Å². The minimum atomic E-state index is -0.552. The van der Waals surface area contributed by atoms with Crippen molar-refractivity contribution in [3.63, 3.8) is 0 Å². The van der Waals surface area contributed by atoms with E-state index in [4.69, 9.17) is 22.6 Å². The number of aromatic nitrogens is 2. The van der Waals surface area contributed by atoms with E-state index in [0.29, 0.717) is 6.42 Å². The monoisotopic (exact) mass is 239 g/mol. The minimum Gasteiger partial charge on any atom is -0.368 e. The maximum atomic E-state index is 11.0. The second-order valence-corrected chi connectivity index (χ2v) is 3.38. The first-order valence-electron chi connectivity index (χ1n) is 4.57. The summed E-state index contributed by atoms with van der Waals surface area (Å²) in [6.45, 7) is 1.80. The number of nitrogens with zero attached hydrogens (tertiary/aromatic N) is 3. The van der Waals surface area contributed by atoms with Crippen molar-refractivity contribution >= 4 is 23.5 Å². The lowest BCUT2D eigenvalue weighted by Gasteiger charge is -2.12. The molecule has 6 nitrogen and oxygen atoms in total. The van der Waals surface area contributed by atoms with E-state index in [2.05, 4.69) is 15.3 Å². The van der Waals surface area contributed by atoms with Crippen molar-refractivity contribution < 1.29 is 4.79 Å². The molecule has 84 valence electrons. The highest BCUT2D eigenvalue weighted by molar-refractivity contribution is 6.30. The fourth-order valence-electron chi connectivity index (χ4n) is 1.04. The minimum absolute atomic E-state index is 0.0410. The maximum absolute atomic E-state index is 11.0. The number of primary amides is 1. The van der Waals surface area contributed by atoms with Gasteiger partial charge in [-0.25, -0.2) is 4.98 Å². The summed E-state index contributed by atoms with van der Waals surface area (Å²) in [5, 5.41) is 11.4. The number of anilines is 1. The van der Waals surface area contributed by atoms with Crippen LogP contribution in [0.3, 0.4) is 0 Å². The number of hydrogen-bond donors (Lipinski definition) is 2. The molecule has 0 saturated carbocycles. The van der Waals surface area contributed by atoms with Crippen LogP contribution in [0.15, 0.2) is 6.20 Å². The summed E-state index contributed by atoms with van der Waals surface area (Å²) in [7, 11) is 0. The summed E-state index contributed by atoms with van der Waals surface area (Å²) in [5.74, 6) is -0.318. The number of carbonyl (C=O) groups excluding carboxylic acids is 1. The standard InChI is InChI=1S/C9H10ClN5O/c1-2-6(8(12)16)14-9-13-4-5(3-11)7(10)15-9/h4,6H,2H2,1H3,(H2,12,16)(H,13,14,15). The van der Waals surface area contributed by atoms with Crippen LogP contribution in [0.2, 0.25) is 5.15 Å². The van der Waals surface area contributed by atoms with Crippen molar-refractivity contribution in [3.8, 4) is 6.07 Å². The molecule has 1 unspecified atom stereocenters. The zero-order valence-corrected chi connectivity index (χ0v) is 9.32. The van der Waals surface area contributed by atoms with Crippen molar-refractivity contribution in [2.45, 2.75) is 19.4 Å². The van der Waals surface area contributed by atoms with Crippen molar-refractivity contribution in [2.24, 2.45) is 5.73 Å². The largest absolute Gasteiger partial charge is 0.368 e. The molecule has 1 aromatic rings. The van der Waals surface area contributed by atoms with Crippen LogP contribution in [-0.2, 0) is 4.79 Å². The second kappa shape index (κ2) is 5.28. The highest BCUT2D eigenvalue weighted by Gasteiger charge is 2.14.